The Labute approximate surface area is 154 Å². The van der Waals surface area contributed by atoms with Crippen molar-refractivity contribution in [1.82, 2.24) is 14.8 Å². The highest BCUT2D eigenvalue weighted by molar-refractivity contribution is 7.16. The zero-order chi connectivity index (χ0) is 19.0. The van der Waals surface area contributed by atoms with Crippen molar-refractivity contribution in [3.8, 4) is 0 Å². The number of aromatic nitrogens is 3. The van der Waals surface area contributed by atoms with Crippen molar-refractivity contribution in [3.05, 3.63) is 40.0 Å². The standard InChI is InChI=1S/C18H20N4O3S/c1-5-13-10(4)26-17(14(13)18(24)25)21-16(23)12-6-11-8-20-22(9(2)3)15(11)19-7-12/h6-9H,5H2,1-4H3,(H,21,23)(H,24,25). The summed E-state index contributed by atoms with van der Waals surface area (Å²) < 4.78 is 1.79. The van der Waals surface area contributed by atoms with Crippen molar-refractivity contribution in [3.63, 3.8) is 0 Å². The number of hydrogen-bond acceptors (Lipinski definition) is 5. The van der Waals surface area contributed by atoms with Gasteiger partial charge in [0.2, 0.25) is 0 Å². The first kappa shape index (κ1) is 18.1. The molecule has 0 aliphatic rings. The number of thiophene rings is 1. The number of carbonyl (C=O) groups is 2. The average Bonchev–Trinajstić information content (AvgIpc) is 3.14. The van der Waals surface area contributed by atoms with Gasteiger partial charge in [-0.2, -0.15) is 5.10 Å². The minimum absolute atomic E-state index is 0.166. The maximum absolute atomic E-state index is 12.6. The van der Waals surface area contributed by atoms with E-state index in [-0.39, 0.29) is 17.5 Å². The minimum Gasteiger partial charge on any atom is -0.478 e. The molecule has 0 aliphatic carbocycles. The third kappa shape index (κ3) is 3.08. The normalized spacial score (nSPS) is 11.3. The molecule has 0 saturated heterocycles. The number of aryl methyl sites for hydroxylation is 1. The Hall–Kier alpha value is -2.74. The second-order valence-electron chi connectivity index (χ2n) is 6.27. The molecule has 0 saturated carbocycles. The molecule has 0 spiro atoms. The van der Waals surface area contributed by atoms with Gasteiger partial charge in [-0.05, 0) is 38.8 Å². The molecule has 136 valence electrons. The number of rotatable bonds is 5. The molecule has 3 aromatic heterocycles. The number of carbonyl (C=O) groups excluding carboxylic acids is 1. The highest BCUT2D eigenvalue weighted by atomic mass is 32.1. The van der Waals surface area contributed by atoms with Gasteiger partial charge in [0.25, 0.3) is 5.91 Å². The lowest BCUT2D eigenvalue weighted by atomic mass is 10.1. The van der Waals surface area contributed by atoms with Crippen LogP contribution in [0.15, 0.2) is 18.5 Å². The molecule has 8 heteroatoms. The molecule has 0 atom stereocenters. The van der Waals surface area contributed by atoms with Crippen molar-refractivity contribution in [2.75, 3.05) is 5.32 Å². The third-order valence-corrected chi connectivity index (χ3v) is 5.25. The number of aromatic carboxylic acids is 1. The quantitative estimate of drug-likeness (QED) is 0.708. The van der Waals surface area contributed by atoms with E-state index in [2.05, 4.69) is 15.4 Å². The predicted molar refractivity (Wildman–Crippen MR) is 101 cm³/mol. The van der Waals surface area contributed by atoms with Gasteiger partial charge in [-0.3, -0.25) is 4.79 Å². The second kappa shape index (κ2) is 6.87. The van der Waals surface area contributed by atoms with E-state index in [9.17, 15) is 14.7 Å². The predicted octanol–water partition coefficient (Wildman–Crippen LogP) is 3.90. The number of carboxylic acid groups (broad SMARTS) is 1. The molecular formula is C18H20N4O3S. The Morgan fingerprint density at radius 3 is 2.69 bits per heavy atom. The number of hydrogen-bond donors (Lipinski definition) is 2. The van der Waals surface area contributed by atoms with E-state index in [0.29, 0.717) is 22.6 Å². The van der Waals surface area contributed by atoms with Crippen molar-refractivity contribution >= 4 is 39.2 Å². The Balaban J connectivity index is 1.94. The van der Waals surface area contributed by atoms with Gasteiger partial charge in [-0.1, -0.05) is 6.92 Å². The maximum Gasteiger partial charge on any atom is 0.339 e. The smallest absolute Gasteiger partial charge is 0.339 e. The first-order valence-electron chi connectivity index (χ1n) is 8.33. The maximum atomic E-state index is 12.6. The first-order valence-corrected chi connectivity index (χ1v) is 9.15. The first-order chi connectivity index (χ1) is 12.3. The van der Waals surface area contributed by atoms with Gasteiger partial charge in [0.05, 0.1) is 17.3 Å². The molecule has 3 aromatic rings. The SMILES string of the molecule is CCc1c(C)sc(NC(=O)c2cnc3c(cnn3C(C)C)c2)c1C(=O)O. The molecule has 0 unspecified atom stereocenters. The van der Waals surface area contributed by atoms with Crippen LogP contribution in [0.1, 0.15) is 58.0 Å². The Morgan fingerprint density at radius 2 is 2.08 bits per heavy atom. The summed E-state index contributed by atoms with van der Waals surface area (Å²) in [5, 5.41) is 17.6. The third-order valence-electron chi connectivity index (χ3n) is 4.19. The number of fused-ring (bicyclic) bond motifs is 1. The van der Waals surface area contributed by atoms with E-state index in [4.69, 9.17) is 0 Å². The Bertz CT molecular complexity index is 1000. The number of amides is 1. The summed E-state index contributed by atoms with van der Waals surface area (Å²) in [5.41, 5.74) is 2.00. The van der Waals surface area contributed by atoms with Crippen LogP contribution in [0.5, 0.6) is 0 Å². The molecule has 0 aromatic carbocycles. The van der Waals surface area contributed by atoms with E-state index in [1.807, 2.05) is 27.7 Å². The molecule has 7 nitrogen and oxygen atoms in total. The summed E-state index contributed by atoms with van der Waals surface area (Å²) in [4.78, 5) is 29.5. The second-order valence-corrected chi connectivity index (χ2v) is 7.50. The fourth-order valence-corrected chi connectivity index (χ4v) is 4.07. The average molecular weight is 372 g/mol. The van der Waals surface area contributed by atoms with Gasteiger partial charge in [0.15, 0.2) is 5.65 Å². The summed E-state index contributed by atoms with van der Waals surface area (Å²) in [6.07, 6.45) is 3.76. The number of anilines is 1. The number of nitrogens with one attached hydrogen (secondary N) is 1. The summed E-state index contributed by atoms with van der Waals surface area (Å²) in [6, 6.07) is 1.88. The lowest BCUT2D eigenvalue weighted by Crippen LogP contribution is -2.14. The van der Waals surface area contributed by atoms with Gasteiger partial charge >= 0.3 is 5.97 Å². The van der Waals surface area contributed by atoms with Crippen LogP contribution < -0.4 is 5.32 Å². The van der Waals surface area contributed by atoms with Crippen LogP contribution in [0.3, 0.4) is 0 Å². The van der Waals surface area contributed by atoms with Crippen LogP contribution in [0.2, 0.25) is 0 Å². The largest absolute Gasteiger partial charge is 0.478 e. The molecule has 3 rings (SSSR count). The molecule has 26 heavy (non-hydrogen) atoms. The molecular weight excluding hydrogens is 352 g/mol. The Morgan fingerprint density at radius 1 is 1.35 bits per heavy atom. The number of nitrogens with zero attached hydrogens (tertiary/aromatic N) is 3. The van der Waals surface area contributed by atoms with Crippen LogP contribution in [0.4, 0.5) is 5.00 Å². The van der Waals surface area contributed by atoms with Crippen LogP contribution in [0, 0.1) is 6.92 Å². The topological polar surface area (TPSA) is 97.1 Å². The van der Waals surface area contributed by atoms with Crippen LogP contribution in [0.25, 0.3) is 11.0 Å². The van der Waals surface area contributed by atoms with Gasteiger partial charge in [0.1, 0.15) is 5.00 Å². The molecule has 2 N–H and O–H groups in total. The summed E-state index contributed by atoms with van der Waals surface area (Å²) in [7, 11) is 0. The lowest BCUT2D eigenvalue weighted by Gasteiger charge is -2.07. The van der Waals surface area contributed by atoms with Gasteiger partial charge in [-0.15, -0.1) is 11.3 Å². The highest BCUT2D eigenvalue weighted by Gasteiger charge is 2.22. The molecule has 1 amide bonds. The lowest BCUT2D eigenvalue weighted by molar-refractivity contribution is 0.0697. The van der Waals surface area contributed by atoms with E-state index >= 15 is 0 Å². The van der Waals surface area contributed by atoms with Gasteiger partial charge in [-0.25, -0.2) is 14.5 Å². The molecule has 0 bridgehead atoms. The van der Waals surface area contributed by atoms with Crippen LogP contribution in [-0.4, -0.2) is 31.7 Å². The van der Waals surface area contributed by atoms with E-state index < -0.39 is 5.97 Å². The van der Waals surface area contributed by atoms with Gasteiger partial charge in [0, 0.05) is 22.5 Å². The Kier molecular flexibility index (Phi) is 4.78. The van der Waals surface area contributed by atoms with E-state index in [1.165, 1.54) is 17.5 Å². The van der Waals surface area contributed by atoms with E-state index in [0.717, 1.165) is 15.8 Å². The molecule has 0 fully saturated rings. The summed E-state index contributed by atoms with van der Waals surface area (Å²) >= 11 is 1.28. The van der Waals surface area contributed by atoms with Crippen LogP contribution in [-0.2, 0) is 6.42 Å². The van der Waals surface area contributed by atoms with Crippen molar-refractivity contribution < 1.29 is 14.7 Å². The number of pyridine rings is 1. The fraction of sp³-hybridized carbons (Fsp3) is 0.333. The van der Waals surface area contributed by atoms with Crippen molar-refractivity contribution in [1.29, 1.82) is 0 Å². The monoisotopic (exact) mass is 372 g/mol. The molecule has 0 aliphatic heterocycles. The number of carboxylic acids is 1. The molecule has 0 radical (unpaired) electrons. The zero-order valence-electron chi connectivity index (χ0n) is 15.0. The summed E-state index contributed by atoms with van der Waals surface area (Å²) in [6.45, 7) is 7.77. The highest BCUT2D eigenvalue weighted by Crippen LogP contribution is 2.33. The van der Waals surface area contributed by atoms with Crippen molar-refractivity contribution in [2.45, 2.75) is 40.2 Å². The zero-order valence-corrected chi connectivity index (χ0v) is 15.8. The van der Waals surface area contributed by atoms with Gasteiger partial charge < -0.3 is 10.4 Å². The molecule has 3 heterocycles. The van der Waals surface area contributed by atoms with Crippen LogP contribution >= 0.6 is 11.3 Å². The fourth-order valence-electron chi connectivity index (χ4n) is 2.94. The minimum atomic E-state index is -1.03. The summed E-state index contributed by atoms with van der Waals surface area (Å²) in [5.74, 6) is -1.42. The van der Waals surface area contributed by atoms with E-state index in [1.54, 1.807) is 16.9 Å². The van der Waals surface area contributed by atoms with Crippen molar-refractivity contribution in [2.24, 2.45) is 0 Å².